The van der Waals surface area contributed by atoms with E-state index in [4.69, 9.17) is 20.2 Å². The van der Waals surface area contributed by atoms with Crippen molar-refractivity contribution in [3.05, 3.63) is 83.7 Å². The number of methoxy groups -OCH3 is 1. The predicted octanol–water partition coefficient (Wildman–Crippen LogP) is 5.40. The van der Waals surface area contributed by atoms with Crippen LogP contribution in [0, 0.1) is 6.92 Å². The Morgan fingerprint density at radius 2 is 1.81 bits per heavy atom. The van der Waals surface area contributed by atoms with Gasteiger partial charge in [0, 0.05) is 95.0 Å². The molecule has 0 radical (unpaired) electrons. The van der Waals surface area contributed by atoms with Crippen LogP contribution in [0.1, 0.15) is 65.7 Å². The number of benzene rings is 2. The number of imide groups is 1. The van der Waals surface area contributed by atoms with Crippen LogP contribution in [-0.4, -0.2) is 124 Å². The van der Waals surface area contributed by atoms with Gasteiger partial charge < -0.3 is 39.6 Å². The van der Waals surface area contributed by atoms with Crippen LogP contribution in [0.3, 0.4) is 0 Å². The summed E-state index contributed by atoms with van der Waals surface area (Å²) in [4.78, 5) is 50.3. The maximum absolute atomic E-state index is 16.4. The van der Waals surface area contributed by atoms with Crippen molar-refractivity contribution < 1.29 is 33.4 Å². The molecule has 4 aliphatic rings. The maximum Gasteiger partial charge on any atom is 0.328 e. The number of hydrogen-bond donors (Lipinski definition) is 3. The largest absolute Gasteiger partial charge is 0.507 e. The summed E-state index contributed by atoms with van der Waals surface area (Å²) in [6, 6.07) is 16.1. The van der Waals surface area contributed by atoms with Gasteiger partial charge in [-0.05, 0) is 67.3 Å². The van der Waals surface area contributed by atoms with Crippen LogP contribution < -0.4 is 25.6 Å². The van der Waals surface area contributed by atoms with Gasteiger partial charge >= 0.3 is 6.03 Å². The number of aromatic nitrogens is 4. The minimum atomic E-state index is -1.39. The average molecular weight is 847 g/mol. The first-order valence-corrected chi connectivity index (χ1v) is 21.2. The van der Waals surface area contributed by atoms with Gasteiger partial charge in [0.25, 0.3) is 5.91 Å². The molecule has 7 heterocycles. The van der Waals surface area contributed by atoms with Gasteiger partial charge in [-0.2, -0.15) is 0 Å². The van der Waals surface area contributed by atoms with Crippen molar-refractivity contribution >= 4 is 46.1 Å². The Labute approximate surface area is 358 Å². The van der Waals surface area contributed by atoms with Crippen LogP contribution in [0.15, 0.2) is 67.0 Å². The number of urea groups is 1. The summed E-state index contributed by atoms with van der Waals surface area (Å²) in [5.74, 6) is 0.516. The minimum Gasteiger partial charge on any atom is -0.507 e. The third-order valence-corrected chi connectivity index (χ3v) is 12.9. The second-order valence-corrected chi connectivity index (χ2v) is 16.7. The number of nitrogen functional groups attached to an aromatic ring is 1. The summed E-state index contributed by atoms with van der Waals surface area (Å²) in [5, 5.41) is 21.9. The lowest BCUT2D eigenvalue weighted by Crippen LogP contribution is -2.51. The van der Waals surface area contributed by atoms with E-state index in [1.807, 2.05) is 49.5 Å². The molecule has 2 aromatic carbocycles. The number of ether oxygens (including phenoxy) is 2. The van der Waals surface area contributed by atoms with Gasteiger partial charge in [0.2, 0.25) is 5.91 Å². The first-order valence-electron chi connectivity index (χ1n) is 21.2. The summed E-state index contributed by atoms with van der Waals surface area (Å²) in [6.07, 6.45) is 5.73. The van der Waals surface area contributed by atoms with E-state index in [0.717, 1.165) is 48.1 Å². The number of phenols is 1. The van der Waals surface area contributed by atoms with Gasteiger partial charge in [0.1, 0.15) is 28.9 Å². The number of alkyl halides is 1. The Morgan fingerprint density at radius 1 is 1.02 bits per heavy atom. The fourth-order valence-corrected chi connectivity index (χ4v) is 9.47. The fraction of sp³-hybridized carbons (Fsp3) is 0.422. The van der Waals surface area contributed by atoms with Crippen LogP contribution in [0.25, 0.3) is 22.3 Å². The number of para-hydroxylation sites is 1. The van der Waals surface area contributed by atoms with Gasteiger partial charge in [0.15, 0.2) is 11.6 Å². The van der Waals surface area contributed by atoms with E-state index in [1.165, 1.54) is 4.90 Å². The molecule has 0 aliphatic carbocycles. The van der Waals surface area contributed by atoms with E-state index >= 15 is 4.39 Å². The zero-order valence-corrected chi connectivity index (χ0v) is 34.9. The van der Waals surface area contributed by atoms with Gasteiger partial charge in [-0.1, -0.05) is 18.2 Å². The summed E-state index contributed by atoms with van der Waals surface area (Å²) >= 11 is 0. The first-order chi connectivity index (χ1) is 30.0. The van der Waals surface area contributed by atoms with Crippen LogP contribution in [0.5, 0.6) is 11.5 Å². The standard InChI is InChI=1S/C45H51FN10O6/c1-28-23-29(7-8-31(28)38-26-54(21-22-62-38)35-24-34(50-51-41(35)47)32-5-3-4-6-37(32)57)43(59)53-19-13-45(46,14-20-53)27-52-15-9-30(10-16-52)55-17-11-33-40(61-2)36(25-48-42(33)55)56-18-12-39(58)49-44(56)60/h3-8,11,17,23-25,30,38,57H,9-10,12-16,18-22,26-27H2,1-2H3,(H2,47,51)(H,49,58,60)/t38-/m0/s1. The van der Waals surface area contributed by atoms with E-state index in [2.05, 4.69) is 29.9 Å². The van der Waals surface area contributed by atoms with Crippen LogP contribution in [-0.2, 0) is 9.53 Å². The molecule has 0 unspecified atom stereocenters. The monoisotopic (exact) mass is 846 g/mol. The number of aryl methyl sites for hydroxylation is 1. The first kappa shape index (κ1) is 41.0. The number of piperidine rings is 2. The highest BCUT2D eigenvalue weighted by molar-refractivity contribution is 6.07. The van der Waals surface area contributed by atoms with Gasteiger partial charge in [-0.25, -0.2) is 14.2 Å². The number of aromatic hydroxyl groups is 1. The summed E-state index contributed by atoms with van der Waals surface area (Å²) < 4.78 is 30.6. The van der Waals surface area contributed by atoms with Crippen molar-refractivity contribution in [3.63, 3.8) is 0 Å². The van der Waals surface area contributed by atoms with Crippen LogP contribution in [0.4, 0.5) is 26.4 Å². The molecule has 62 heavy (non-hydrogen) atoms. The molecule has 9 rings (SSSR count). The number of carbonyl (C=O) groups excluding carboxylic acids is 3. The smallest absolute Gasteiger partial charge is 0.328 e. The quantitative estimate of drug-likeness (QED) is 0.172. The number of amides is 4. The van der Waals surface area contributed by atoms with E-state index in [-0.39, 0.29) is 61.3 Å². The molecule has 3 aromatic heterocycles. The molecule has 4 amide bonds. The van der Waals surface area contributed by atoms with Crippen molar-refractivity contribution in [2.45, 2.75) is 56.8 Å². The Morgan fingerprint density at radius 3 is 2.55 bits per heavy atom. The Balaban J connectivity index is 0.784. The van der Waals surface area contributed by atoms with Crippen molar-refractivity contribution in [3.8, 4) is 22.8 Å². The number of anilines is 3. The van der Waals surface area contributed by atoms with Gasteiger partial charge in [-0.3, -0.25) is 19.8 Å². The highest BCUT2D eigenvalue weighted by atomic mass is 19.1. The van der Waals surface area contributed by atoms with Crippen LogP contribution >= 0.6 is 0 Å². The molecule has 0 saturated carbocycles. The number of nitrogens with two attached hydrogens (primary N) is 1. The number of nitrogens with zero attached hydrogens (tertiary/aromatic N) is 8. The number of phenolic OH excluding ortho intramolecular Hbond substituents is 1. The molecule has 0 spiro atoms. The highest BCUT2D eigenvalue weighted by Gasteiger charge is 2.39. The lowest BCUT2D eigenvalue weighted by atomic mass is 9.91. The third-order valence-electron chi connectivity index (χ3n) is 12.9. The lowest BCUT2D eigenvalue weighted by molar-refractivity contribution is -0.120. The molecule has 5 aromatic rings. The predicted molar refractivity (Wildman–Crippen MR) is 231 cm³/mol. The summed E-state index contributed by atoms with van der Waals surface area (Å²) in [5.41, 5.74) is 10.4. The molecule has 4 aliphatic heterocycles. The second-order valence-electron chi connectivity index (χ2n) is 16.7. The Hall–Kier alpha value is -6.33. The number of fused-ring (bicyclic) bond motifs is 1. The second kappa shape index (κ2) is 16.9. The molecule has 324 valence electrons. The molecule has 4 N–H and O–H groups in total. The van der Waals surface area contributed by atoms with Crippen LogP contribution in [0.2, 0.25) is 0 Å². The maximum atomic E-state index is 16.4. The van der Waals surface area contributed by atoms with Crippen molar-refractivity contribution in [1.82, 2.24) is 34.9 Å². The molecule has 4 saturated heterocycles. The Bertz CT molecular complexity index is 2520. The molecule has 1 atom stereocenters. The van der Waals surface area contributed by atoms with E-state index < -0.39 is 11.7 Å². The zero-order chi connectivity index (χ0) is 43.1. The molecular formula is C45H51FN10O6. The number of nitrogens with one attached hydrogen (secondary N) is 1. The Kier molecular flexibility index (Phi) is 11.2. The number of hydrogen-bond acceptors (Lipinski definition) is 12. The number of pyridine rings is 1. The topological polar surface area (TPSA) is 185 Å². The molecule has 0 bridgehead atoms. The molecule has 4 fully saturated rings. The van der Waals surface area contributed by atoms with Gasteiger partial charge in [0.05, 0.1) is 36.7 Å². The summed E-state index contributed by atoms with van der Waals surface area (Å²) in [6.45, 7) is 6.27. The molecular weight excluding hydrogens is 796 g/mol. The highest BCUT2D eigenvalue weighted by Crippen LogP contribution is 2.39. The number of morpholine rings is 1. The third kappa shape index (κ3) is 7.97. The number of halogens is 1. The van der Waals surface area contributed by atoms with Crippen molar-refractivity contribution in [1.29, 1.82) is 0 Å². The molecule has 16 nitrogen and oxygen atoms in total. The number of carbonyl (C=O) groups is 3. The average Bonchev–Trinajstić information content (AvgIpc) is 3.71. The number of likely N-dealkylation sites (tertiary alicyclic amines) is 2. The van der Waals surface area contributed by atoms with Gasteiger partial charge in [-0.15, -0.1) is 10.2 Å². The normalized spacial score (nSPS) is 20.1. The summed E-state index contributed by atoms with van der Waals surface area (Å²) in [7, 11) is 1.56. The minimum absolute atomic E-state index is 0.105. The van der Waals surface area contributed by atoms with E-state index in [0.29, 0.717) is 73.3 Å². The van der Waals surface area contributed by atoms with Crippen molar-refractivity contribution in [2.75, 3.05) is 81.6 Å². The number of rotatable bonds is 9. The zero-order valence-electron chi connectivity index (χ0n) is 34.9. The van der Waals surface area contributed by atoms with E-state index in [9.17, 15) is 19.5 Å². The lowest BCUT2D eigenvalue weighted by Gasteiger charge is -2.41. The van der Waals surface area contributed by atoms with E-state index in [1.54, 1.807) is 36.4 Å². The molecule has 17 heteroatoms. The SMILES string of the molecule is COc1c(N2CCC(=O)NC2=O)cnc2c1ccn2C1CCN(CC2(F)CCN(C(=O)c3ccc([C@@H]4CN(c5cc(-c6ccccc6O)nnc5N)CCO4)c(C)c3)CC2)CC1. The van der Waals surface area contributed by atoms with Crippen molar-refractivity contribution in [2.24, 2.45) is 0 Å². The fourth-order valence-electron chi connectivity index (χ4n) is 9.47.